The van der Waals surface area contributed by atoms with Crippen LogP contribution in [0.15, 0.2) is 52.5 Å². The Morgan fingerprint density at radius 3 is 2.55 bits per heavy atom. The summed E-state index contributed by atoms with van der Waals surface area (Å²) in [5.41, 5.74) is 1.66. The highest BCUT2D eigenvalue weighted by Crippen LogP contribution is 2.35. The summed E-state index contributed by atoms with van der Waals surface area (Å²) in [7, 11) is 0. The molecule has 162 valence electrons. The van der Waals surface area contributed by atoms with Gasteiger partial charge in [0, 0.05) is 11.0 Å². The van der Waals surface area contributed by atoms with Crippen LogP contribution in [-0.2, 0) is 16.0 Å². The Morgan fingerprint density at radius 2 is 1.90 bits per heavy atom. The fraction of sp³-hybridized carbons (Fsp3) is 0.261. The van der Waals surface area contributed by atoms with Crippen molar-refractivity contribution in [1.82, 2.24) is 5.32 Å². The maximum atomic E-state index is 12.4. The van der Waals surface area contributed by atoms with Crippen molar-refractivity contribution in [1.29, 1.82) is 5.26 Å². The standard InChI is InChI=1S/C23H23BrN2O5/c1-2-30-20-12-17(19(24)13-21(20)31-15-22(27)28)11-18(14-25)23(29)26-10-6-9-16-7-4-3-5-8-16/h3-5,7-8,11-13H,2,6,9-10,15H2,1H3,(H,26,29)(H,27,28)/b18-11-. The van der Waals surface area contributed by atoms with Gasteiger partial charge in [0.25, 0.3) is 5.91 Å². The molecule has 2 aromatic carbocycles. The van der Waals surface area contributed by atoms with Crippen LogP contribution in [0.5, 0.6) is 11.5 Å². The molecule has 0 aliphatic carbocycles. The quantitative estimate of drug-likeness (QED) is 0.282. The van der Waals surface area contributed by atoms with Crippen molar-refractivity contribution in [3.63, 3.8) is 0 Å². The lowest BCUT2D eigenvalue weighted by molar-refractivity contribution is -0.139. The number of nitrogens with one attached hydrogen (secondary N) is 1. The first-order valence-corrected chi connectivity index (χ1v) is 10.5. The SMILES string of the molecule is CCOc1cc(/C=C(/C#N)C(=O)NCCCc2ccccc2)c(Br)cc1OCC(=O)O. The third-order valence-corrected chi connectivity index (χ3v) is 4.84. The Kier molecular flexibility index (Phi) is 9.59. The number of nitriles is 1. The molecule has 8 heteroatoms. The number of hydrogen-bond donors (Lipinski definition) is 2. The highest BCUT2D eigenvalue weighted by Gasteiger charge is 2.14. The van der Waals surface area contributed by atoms with Gasteiger partial charge in [0.1, 0.15) is 11.6 Å². The minimum Gasteiger partial charge on any atom is -0.490 e. The lowest BCUT2D eigenvalue weighted by atomic mass is 10.1. The van der Waals surface area contributed by atoms with E-state index in [2.05, 4.69) is 21.2 Å². The van der Waals surface area contributed by atoms with Crippen LogP contribution in [0, 0.1) is 11.3 Å². The Bertz CT molecular complexity index is 983. The lowest BCUT2D eigenvalue weighted by Gasteiger charge is -2.13. The van der Waals surface area contributed by atoms with E-state index in [4.69, 9.17) is 14.6 Å². The molecule has 0 aliphatic heterocycles. The van der Waals surface area contributed by atoms with Crippen molar-refractivity contribution in [2.45, 2.75) is 19.8 Å². The Labute approximate surface area is 189 Å². The Balaban J connectivity index is 2.09. The minimum absolute atomic E-state index is 0.0536. The average molecular weight is 487 g/mol. The molecule has 0 bridgehead atoms. The zero-order chi connectivity index (χ0) is 22.6. The Hall–Kier alpha value is -3.31. The van der Waals surface area contributed by atoms with Crippen molar-refractivity contribution in [3.05, 3.63) is 63.6 Å². The van der Waals surface area contributed by atoms with Crippen LogP contribution < -0.4 is 14.8 Å². The molecule has 0 saturated heterocycles. The van der Waals surface area contributed by atoms with Gasteiger partial charge < -0.3 is 19.9 Å². The smallest absolute Gasteiger partial charge is 0.341 e. The van der Waals surface area contributed by atoms with E-state index in [1.807, 2.05) is 36.4 Å². The first-order valence-electron chi connectivity index (χ1n) is 9.69. The predicted molar refractivity (Wildman–Crippen MR) is 120 cm³/mol. The molecule has 0 fully saturated rings. The summed E-state index contributed by atoms with van der Waals surface area (Å²) in [6.45, 7) is 2.04. The van der Waals surface area contributed by atoms with Crippen molar-refractivity contribution in [2.24, 2.45) is 0 Å². The van der Waals surface area contributed by atoms with E-state index in [0.717, 1.165) is 12.8 Å². The number of aliphatic carboxylic acids is 1. The molecule has 0 unspecified atom stereocenters. The largest absolute Gasteiger partial charge is 0.490 e. The number of ether oxygens (including phenoxy) is 2. The van der Waals surface area contributed by atoms with Crippen LogP contribution in [0.1, 0.15) is 24.5 Å². The molecule has 2 N–H and O–H groups in total. The topological polar surface area (TPSA) is 109 Å². The summed E-state index contributed by atoms with van der Waals surface area (Å²) in [6, 6.07) is 15.0. The number of halogens is 1. The molecule has 0 heterocycles. The first kappa shape index (κ1) is 24.0. The second-order valence-electron chi connectivity index (χ2n) is 6.45. The van der Waals surface area contributed by atoms with Gasteiger partial charge in [0.15, 0.2) is 18.1 Å². The van der Waals surface area contributed by atoms with Crippen LogP contribution in [0.4, 0.5) is 0 Å². The zero-order valence-corrected chi connectivity index (χ0v) is 18.6. The number of benzene rings is 2. The second-order valence-corrected chi connectivity index (χ2v) is 7.31. The number of aryl methyl sites for hydroxylation is 1. The predicted octanol–water partition coefficient (Wildman–Crippen LogP) is 3.97. The van der Waals surface area contributed by atoms with Crippen molar-refractivity contribution < 1.29 is 24.2 Å². The number of carbonyl (C=O) groups is 2. The molecular formula is C23H23BrN2O5. The normalized spacial score (nSPS) is 10.8. The van der Waals surface area contributed by atoms with Crippen LogP contribution in [0.2, 0.25) is 0 Å². The summed E-state index contributed by atoms with van der Waals surface area (Å²) >= 11 is 3.37. The Morgan fingerprint density at radius 1 is 1.19 bits per heavy atom. The van der Waals surface area contributed by atoms with E-state index in [-0.39, 0.29) is 11.3 Å². The van der Waals surface area contributed by atoms with Gasteiger partial charge in [0.05, 0.1) is 6.61 Å². The molecule has 2 aromatic rings. The van der Waals surface area contributed by atoms with Gasteiger partial charge >= 0.3 is 5.97 Å². The molecule has 0 radical (unpaired) electrons. The molecule has 0 aliphatic rings. The zero-order valence-electron chi connectivity index (χ0n) is 17.1. The second kappa shape index (κ2) is 12.4. The van der Waals surface area contributed by atoms with E-state index in [0.29, 0.717) is 28.9 Å². The maximum Gasteiger partial charge on any atom is 0.341 e. The number of carbonyl (C=O) groups excluding carboxylic acids is 1. The number of nitrogens with zero attached hydrogens (tertiary/aromatic N) is 1. The summed E-state index contributed by atoms with van der Waals surface area (Å²) in [5, 5.41) is 21.0. The number of hydrogen-bond acceptors (Lipinski definition) is 5. The first-order chi connectivity index (χ1) is 14.9. The van der Waals surface area contributed by atoms with Gasteiger partial charge in [-0.2, -0.15) is 5.26 Å². The fourth-order valence-electron chi connectivity index (χ4n) is 2.72. The molecule has 7 nitrogen and oxygen atoms in total. The number of rotatable bonds is 11. The third kappa shape index (κ3) is 7.79. The van der Waals surface area contributed by atoms with Gasteiger partial charge in [-0.05, 0) is 49.1 Å². The third-order valence-electron chi connectivity index (χ3n) is 4.15. The average Bonchev–Trinajstić information content (AvgIpc) is 2.76. The highest BCUT2D eigenvalue weighted by molar-refractivity contribution is 9.10. The highest BCUT2D eigenvalue weighted by atomic mass is 79.9. The van der Waals surface area contributed by atoms with Crippen LogP contribution >= 0.6 is 15.9 Å². The number of carboxylic acid groups (broad SMARTS) is 1. The van der Waals surface area contributed by atoms with Gasteiger partial charge in [0.2, 0.25) is 0 Å². The van der Waals surface area contributed by atoms with Gasteiger partial charge in [-0.1, -0.05) is 46.3 Å². The van der Waals surface area contributed by atoms with Crippen molar-refractivity contribution in [3.8, 4) is 17.6 Å². The molecule has 2 rings (SSSR count). The van der Waals surface area contributed by atoms with E-state index < -0.39 is 18.5 Å². The molecular weight excluding hydrogens is 464 g/mol. The van der Waals surface area contributed by atoms with E-state index >= 15 is 0 Å². The molecule has 0 spiro atoms. The van der Waals surface area contributed by atoms with E-state index in [9.17, 15) is 14.9 Å². The summed E-state index contributed by atoms with van der Waals surface area (Å²) in [6.07, 6.45) is 3.02. The molecule has 31 heavy (non-hydrogen) atoms. The molecule has 1 amide bonds. The monoisotopic (exact) mass is 486 g/mol. The maximum absolute atomic E-state index is 12.4. The van der Waals surface area contributed by atoms with Crippen LogP contribution in [0.25, 0.3) is 6.08 Å². The van der Waals surface area contributed by atoms with Crippen molar-refractivity contribution >= 4 is 33.9 Å². The van der Waals surface area contributed by atoms with Gasteiger partial charge in [-0.25, -0.2) is 4.79 Å². The molecule has 0 saturated carbocycles. The minimum atomic E-state index is -1.11. The summed E-state index contributed by atoms with van der Waals surface area (Å²) in [5.74, 6) is -1.01. The van der Waals surface area contributed by atoms with Crippen LogP contribution in [-0.4, -0.2) is 36.7 Å². The molecule has 0 aromatic heterocycles. The fourth-order valence-corrected chi connectivity index (χ4v) is 3.16. The lowest BCUT2D eigenvalue weighted by Crippen LogP contribution is -2.25. The van der Waals surface area contributed by atoms with Crippen LogP contribution in [0.3, 0.4) is 0 Å². The summed E-state index contributed by atoms with van der Waals surface area (Å²) in [4.78, 5) is 23.2. The summed E-state index contributed by atoms with van der Waals surface area (Å²) < 4.78 is 11.3. The van der Waals surface area contributed by atoms with Gasteiger partial charge in [-0.15, -0.1) is 0 Å². The van der Waals surface area contributed by atoms with Gasteiger partial charge in [-0.3, -0.25) is 4.79 Å². The number of amides is 1. The number of carboxylic acids is 1. The van der Waals surface area contributed by atoms with Crippen molar-refractivity contribution in [2.75, 3.05) is 19.8 Å². The van der Waals surface area contributed by atoms with E-state index in [1.54, 1.807) is 19.1 Å². The molecule has 0 atom stereocenters. The van der Waals surface area contributed by atoms with E-state index in [1.165, 1.54) is 11.6 Å².